The summed E-state index contributed by atoms with van der Waals surface area (Å²) in [7, 11) is -2.49. The van der Waals surface area contributed by atoms with Gasteiger partial charge in [0.15, 0.2) is 0 Å². The molecule has 8 rings (SSSR count). The number of hydrogen-bond acceptors (Lipinski definition) is 11. The molecule has 1 unspecified atom stereocenters. The van der Waals surface area contributed by atoms with Gasteiger partial charge in [0.2, 0.25) is 21.8 Å². The number of carbonyl (C=O) groups is 3. The molecule has 2 saturated carbocycles. The van der Waals surface area contributed by atoms with Crippen molar-refractivity contribution in [3.63, 3.8) is 0 Å². The second-order valence-electron chi connectivity index (χ2n) is 18.5. The number of aryl methyl sites for hydroxylation is 2. The Kier molecular flexibility index (Phi) is 12.5. The van der Waals surface area contributed by atoms with Gasteiger partial charge in [-0.3, -0.25) is 19.1 Å². The van der Waals surface area contributed by atoms with Crippen molar-refractivity contribution in [2.24, 2.45) is 5.92 Å². The fourth-order valence-electron chi connectivity index (χ4n) is 8.83. The van der Waals surface area contributed by atoms with E-state index >= 15 is 4.79 Å². The Morgan fingerprint density at radius 3 is 2.51 bits per heavy atom. The summed E-state index contributed by atoms with van der Waals surface area (Å²) >= 11 is 1.45. The number of pyridine rings is 1. The highest BCUT2D eigenvalue weighted by Crippen LogP contribution is 2.48. The Morgan fingerprint density at radius 1 is 1.05 bits per heavy atom. The van der Waals surface area contributed by atoms with Crippen molar-refractivity contribution >= 4 is 55.7 Å². The van der Waals surface area contributed by atoms with Crippen LogP contribution in [0.3, 0.4) is 0 Å². The predicted octanol–water partition coefficient (Wildman–Crippen LogP) is 8.35. The molecule has 13 nitrogen and oxygen atoms in total. The summed E-state index contributed by atoms with van der Waals surface area (Å²) < 4.78 is 82.3. The minimum absolute atomic E-state index is 0.0232. The number of anilines is 1. The molecule has 2 aliphatic carbocycles. The third kappa shape index (κ3) is 9.42. The predicted molar refractivity (Wildman–Crippen MR) is 242 cm³/mol. The Labute approximate surface area is 381 Å². The highest BCUT2D eigenvalue weighted by atomic mass is 32.2. The number of hydrogen-bond donors (Lipinski definition) is 3. The van der Waals surface area contributed by atoms with Crippen LogP contribution in [0, 0.1) is 19.8 Å². The maximum Gasteiger partial charge on any atom is 0.416 e. The number of methoxy groups -OCH3 is 1. The van der Waals surface area contributed by atoms with Gasteiger partial charge in [0, 0.05) is 40.4 Å². The number of nitrogens with zero attached hydrogens (tertiary/aromatic N) is 3. The molecule has 0 spiro atoms. The molecule has 3 N–H and O–H groups in total. The minimum Gasteiger partial charge on any atom is -0.496 e. The number of benzene rings is 2. The number of amides is 3. The van der Waals surface area contributed by atoms with Gasteiger partial charge in [0.05, 0.1) is 35.2 Å². The first-order valence-corrected chi connectivity index (χ1v) is 24.5. The summed E-state index contributed by atoms with van der Waals surface area (Å²) in [6.07, 6.45) is 2.12. The van der Waals surface area contributed by atoms with Gasteiger partial charge in [-0.15, -0.1) is 11.3 Å². The number of ether oxygens (including phenoxy) is 2. The highest BCUT2D eigenvalue weighted by Gasteiger charge is 2.63. The first-order valence-electron chi connectivity index (χ1n) is 22.1. The normalized spacial score (nSPS) is 25.2. The van der Waals surface area contributed by atoms with Gasteiger partial charge < -0.3 is 25.0 Å². The van der Waals surface area contributed by atoms with Crippen LogP contribution in [-0.2, 0) is 30.6 Å². The molecule has 3 amide bonds. The highest BCUT2D eigenvalue weighted by molar-refractivity contribution is 7.91. The van der Waals surface area contributed by atoms with E-state index in [1.807, 2.05) is 36.6 Å². The fraction of sp³-hybridized carbons (Fsp3) is 0.511. The van der Waals surface area contributed by atoms with Crippen LogP contribution in [0.15, 0.2) is 53.9 Å². The third-order valence-corrected chi connectivity index (χ3v) is 16.3. The van der Waals surface area contributed by atoms with Crippen molar-refractivity contribution in [2.75, 3.05) is 19.0 Å². The summed E-state index contributed by atoms with van der Waals surface area (Å²) in [6, 6.07) is 6.74. The Hall–Kier alpha value is -5.23. The average Bonchev–Trinajstić information content (AvgIpc) is 4.02. The quantitative estimate of drug-likeness (QED) is 0.132. The van der Waals surface area contributed by atoms with Crippen molar-refractivity contribution in [1.29, 1.82) is 0 Å². The number of rotatable bonds is 10. The number of halogens is 3. The summed E-state index contributed by atoms with van der Waals surface area (Å²) in [5.41, 5.74) is 0.830. The molecule has 2 aromatic heterocycles. The maximum atomic E-state index is 15.0. The van der Waals surface area contributed by atoms with E-state index in [0.29, 0.717) is 70.8 Å². The molecule has 18 heteroatoms. The average molecular weight is 937 g/mol. The molecule has 348 valence electrons. The lowest BCUT2D eigenvalue weighted by atomic mass is 10.0. The van der Waals surface area contributed by atoms with Gasteiger partial charge in [0.25, 0.3) is 5.91 Å². The molecule has 2 aromatic carbocycles. The number of alkyl halides is 3. The minimum atomic E-state index is -4.62. The van der Waals surface area contributed by atoms with Crippen LogP contribution in [0.1, 0.15) is 107 Å². The second-order valence-corrected chi connectivity index (χ2v) is 21.6. The number of carbonyl (C=O) groups excluding carboxylic acids is 3. The van der Waals surface area contributed by atoms with Crippen LogP contribution >= 0.6 is 11.3 Å². The topological polar surface area (TPSA) is 169 Å². The van der Waals surface area contributed by atoms with E-state index in [9.17, 15) is 31.2 Å². The largest absolute Gasteiger partial charge is 0.496 e. The molecule has 0 bridgehead atoms. The standard InChI is InChI=1S/C47H55F3N6O7S2/c1-26(2)36-25-64-42(53-36)35-22-39(33-14-15-38(62-6)28(4)40(33)52-35)63-32-21-37-41(57)54-46(44(59)55-65(60,61)45(5)16-17-45)23-29(46)12-10-8-7-9-11-13-34(43(58)56(37)24-32)51-31-19-27(3)18-30(20-31)47(48,49)50/h10,12,14-15,18-20,22,25-26,29,32,34,37,51H,7-9,11,13,16-17,21,23-24H2,1-6H3,(H,54,57)(H,55,59)/b12-10-/t29?,32-,34+,37+,46-/m1/s1. The summed E-state index contributed by atoms with van der Waals surface area (Å²) in [4.78, 5) is 55.1. The molecule has 3 fully saturated rings. The lowest BCUT2D eigenvalue weighted by Crippen LogP contribution is -2.58. The van der Waals surface area contributed by atoms with Gasteiger partial charge in [-0.1, -0.05) is 38.8 Å². The molecular formula is C47H55F3N6O7S2. The third-order valence-electron chi connectivity index (χ3n) is 13.2. The van der Waals surface area contributed by atoms with Crippen molar-refractivity contribution < 1.29 is 45.4 Å². The van der Waals surface area contributed by atoms with Gasteiger partial charge >= 0.3 is 6.18 Å². The molecule has 1 saturated heterocycles. The molecule has 0 radical (unpaired) electrons. The van der Waals surface area contributed by atoms with E-state index in [1.54, 1.807) is 33.1 Å². The molecule has 4 aliphatic rings. The van der Waals surface area contributed by atoms with Crippen molar-refractivity contribution in [1.82, 2.24) is 24.9 Å². The smallest absolute Gasteiger partial charge is 0.416 e. The van der Waals surface area contributed by atoms with Crippen LogP contribution in [0.25, 0.3) is 21.6 Å². The van der Waals surface area contributed by atoms with Gasteiger partial charge in [-0.05, 0) is 101 Å². The van der Waals surface area contributed by atoms with E-state index < -0.39 is 73.9 Å². The lowest BCUT2D eigenvalue weighted by Gasteiger charge is -2.30. The molecule has 4 aromatic rings. The SMILES string of the molecule is COc1ccc2c(O[C@@H]3C[C@H]4C(=O)N[C@]5(C(=O)NS(=O)(=O)C6(C)CC6)CC5/C=C\CCCCC[C@H](Nc5cc(C)cc(C(F)(F)F)c5)C(=O)N4C3)cc(-c3nc(C(C)C)cs3)nc2c1C. The van der Waals surface area contributed by atoms with E-state index in [1.165, 1.54) is 16.2 Å². The zero-order valence-electron chi connectivity index (χ0n) is 37.3. The summed E-state index contributed by atoms with van der Waals surface area (Å²) in [5, 5.41) is 9.31. The number of sulfonamides is 1. The molecule has 5 atom stereocenters. The summed E-state index contributed by atoms with van der Waals surface area (Å²) in [6.45, 7) is 9.02. The van der Waals surface area contributed by atoms with E-state index in [2.05, 4.69) is 29.2 Å². The number of aromatic nitrogens is 2. The van der Waals surface area contributed by atoms with Gasteiger partial charge in [-0.2, -0.15) is 13.2 Å². The maximum absolute atomic E-state index is 15.0. The monoisotopic (exact) mass is 936 g/mol. The van der Waals surface area contributed by atoms with E-state index in [4.69, 9.17) is 19.4 Å². The van der Waals surface area contributed by atoms with E-state index in [-0.39, 0.29) is 37.4 Å². The molecule has 2 aliphatic heterocycles. The van der Waals surface area contributed by atoms with Crippen LogP contribution in [-0.4, -0.2) is 83.1 Å². The van der Waals surface area contributed by atoms with Crippen molar-refractivity contribution in [2.45, 2.75) is 133 Å². The van der Waals surface area contributed by atoms with Crippen LogP contribution in [0.4, 0.5) is 18.9 Å². The van der Waals surface area contributed by atoms with Crippen LogP contribution in [0.5, 0.6) is 11.5 Å². The number of thiazole rings is 1. The first-order chi connectivity index (χ1) is 30.7. The van der Waals surface area contributed by atoms with Crippen LogP contribution < -0.4 is 24.8 Å². The molecular weight excluding hydrogens is 882 g/mol. The zero-order valence-corrected chi connectivity index (χ0v) is 38.9. The van der Waals surface area contributed by atoms with E-state index in [0.717, 1.165) is 29.8 Å². The van der Waals surface area contributed by atoms with Crippen molar-refractivity contribution in [3.05, 3.63) is 76.3 Å². The molecule has 4 heterocycles. The lowest BCUT2D eigenvalue weighted by molar-refractivity contribution is -0.140. The number of fused-ring (bicyclic) bond motifs is 3. The van der Waals surface area contributed by atoms with Gasteiger partial charge in [0.1, 0.15) is 45.9 Å². The zero-order chi connectivity index (χ0) is 46.6. The molecule has 65 heavy (non-hydrogen) atoms. The fourth-order valence-corrected chi connectivity index (χ4v) is 11.1. The first kappa shape index (κ1) is 46.3. The number of allylic oxidation sites excluding steroid dienone is 1. The Bertz CT molecular complexity index is 2670. The second kappa shape index (κ2) is 17.5. The van der Waals surface area contributed by atoms with Crippen molar-refractivity contribution in [3.8, 4) is 22.2 Å². The Balaban J connectivity index is 1.17. The van der Waals surface area contributed by atoms with Crippen LogP contribution in [0.2, 0.25) is 0 Å². The summed E-state index contributed by atoms with van der Waals surface area (Å²) in [5.74, 6) is -1.33. The Morgan fingerprint density at radius 2 is 1.82 bits per heavy atom. The number of nitrogens with one attached hydrogen (secondary N) is 3. The van der Waals surface area contributed by atoms with Gasteiger partial charge in [-0.25, -0.2) is 18.4 Å².